The molecule has 0 saturated carbocycles. The number of sulfonamides is 1. The van der Waals surface area contributed by atoms with Gasteiger partial charge in [0.15, 0.2) is 0 Å². The fourth-order valence-corrected chi connectivity index (χ4v) is 2.46. The molecular formula is C10H10ClN5O2S. The summed E-state index contributed by atoms with van der Waals surface area (Å²) in [6.45, 7) is 0.0260. The number of nitrogen functional groups attached to an aromatic ring is 1. The summed E-state index contributed by atoms with van der Waals surface area (Å²) < 4.78 is 26.3. The number of aromatic nitrogens is 3. The zero-order valence-corrected chi connectivity index (χ0v) is 11.2. The van der Waals surface area contributed by atoms with Crippen LogP contribution in [0.4, 0.5) is 5.82 Å². The Morgan fingerprint density at radius 1 is 1.42 bits per heavy atom. The van der Waals surface area contributed by atoms with Crippen LogP contribution >= 0.6 is 11.6 Å². The smallest absolute Gasteiger partial charge is 0.242 e. The molecule has 2 heterocycles. The van der Waals surface area contributed by atoms with Crippen molar-refractivity contribution in [2.45, 2.75) is 11.4 Å². The van der Waals surface area contributed by atoms with E-state index in [0.717, 1.165) is 6.20 Å². The molecule has 0 aromatic carbocycles. The minimum absolute atomic E-state index is 0.0260. The summed E-state index contributed by atoms with van der Waals surface area (Å²) in [7, 11) is -3.72. The molecule has 0 spiro atoms. The zero-order chi connectivity index (χ0) is 13.9. The number of hydrogen-bond acceptors (Lipinski definition) is 6. The normalized spacial score (nSPS) is 11.4. The lowest BCUT2D eigenvalue weighted by atomic mass is 10.4. The number of anilines is 1. The maximum absolute atomic E-state index is 12.0. The number of hydrogen-bond donors (Lipinski definition) is 2. The van der Waals surface area contributed by atoms with Crippen LogP contribution < -0.4 is 10.5 Å². The second-order valence-corrected chi connectivity index (χ2v) is 5.75. The zero-order valence-electron chi connectivity index (χ0n) is 9.62. The minimum atomic E-state index is -3.72. The summed E-state index contributed by atoms with van der Waals surface area (Å²) >= 11 is 5.73. The molecule has 7 nitrogen and oxygen atoms in total. The monoisotopic (exact) mass is 299 g/mol. The SMILES string of the molecule is Nc1ncc(S(=O)(=O)NCc2cccnn2)cc1Cl. The van der Waals surface area contributed by atoms with Crippen molar-refractivity contribution >= 4 is 27.4 Å². The minimum Gasteiger partial charge on any atom is -0.382 e. The molecule has 0 atom stereocenters. The van der Waals surface area contributed by atoms with Crippen LogP contribution in [0, 0.1) is 0 Å². The molecule has 0 bridgehead atoms. The number of nitrogens with zero attached hydrogens (tertiary/aromatic N) is 3. The van der Waals surface area contributed by atoms with Gasteiger partial charge < -0.3 is 5.73 Å². The molecule has 2 aromatic heterocycles. The fraction of sp³-hybridized carbons (Fsp3) is 0.100. The van der Waals surface area contributed by atoms with Crippen LogP contribution in [0.25, 0.3) is 0 Å². The first-order valence-electron chi connectivity index (χ1n) is 5.16. The van der Waals surface area contributed by atoms with Gasteiger partial charge >= 0.3 is 0 Å². The first-order valence-corrected chi connectivity index (χ1v) is 7.02. The molecule has 0 aliphatic carbocycles. The van der Waals surface area contributed by atoms with Gasteiger partial charge in [-0.25, -0.2) is 18.1 Å². The Morgan fingerprint density at radius 2 is 2.21 bits per heavy atom. The number of nitrogens with one attached hydrogen (secondary N) is 1. The van der Waals surface area contributed by atoms with Crippen LogP contribution in [0.5, 0.6) is 0 Å². The third-order valence-corrected chi connectivity index (χ3v) is 3.90. The first-order chi connectivity index (χ1) is 8.99. The predicted octanol–water partition coefficient (Wildman–Crippen LogP) is 0.586. The molecule has 0 aliphatic rings. The van der Waals surface area contributed by atoms with E-state index in [0.29, 0.717) is 5.69 Å². The average Bonchev–Trinajstić information content (AvgIpc) is 2.41. The van der Waals surface area contributed by atoms with Crippen molar-refractivity contribution in [3.63, 3.8) is 0 Å². The average molecular weight is 300 g/mol. The van der Waals surface area contributed by atoms with E-state index in [1.165, 1.54) is 12.3 Å². The molecule has 2 aromatic rings. The van der Waals surface area contributed by atoms with E-state index in [1.54, 1.807) is 12.1 Å². The summed E-state index contributed by atoms with van der Waals surface area (Å²) in [4.78, 5) is 3.64. The molecule has 0 unspecified atom stereocenters. The Labute approximate surface area is 114 Å². The van der Waals surface area contributed by atoms with Crippen LogP contribution in [0.2, 0.25) is 5.02 Å². The van der Waals surface area contributed by atoms with E-state index in [-0.39, 0.29) is 22.3 Å². The number of halogens is 1. The van der Waals surface area contributed by atoms with E-state index >= 15 is 0 Å². The third-order valence-electron chi connectivity index (χ3n) is 2.23. The number of nitrogens with two attached hydrogens (primary N) is 1. The van der Waals surface area contributed by atoms with Crippen LogP contribution in [0.3, 0.4) is 0 Å². The van der Waals surface area contributed by atoms with Crippen LogP contribution in [-0.4, -0.2) is 23.6 Å². The van der Waals surface area contributed by atoms with E-state index in [9.17, 15) is 8.42 Å². The van der Waals surface area contributed by atoms with Gasteiger partial charge in [-0.05, 0) is 18.2 Å². The molecule has 100 valence electrons. The van der Waals surface area contributed by atoms with Crippen molar-refractivity contribution in [2.24, 2.45) is 0 Å². The molecule has 3 N–H and O–H groups in total. The summed E-state index contributed by atoms with van der Waals surface area (Å²) in [5.74, 6) is 0.0783. The van der Waals surface area contributed by atoms with Gasteiger partial charge in [-0.2, -0.15) is 10.2 Å². The standard InChI is InChI=1S/C10H10ClN5O2S/c11-9-4-8(6-13-10(9)12)19(17,18)15-5-7-2-1-3-14-16-7/h1-4,6,15H,5H2,(H2,12,13). The highest BCUT2D eigenvalue weighted by molar-refractivity contribution is 7.89. The Balaban J connectivity index is 2.16. The molecule has 0 aliphatic heterocycles. The van der Waals surface area contributed by atoms with Crippen molar-refractivity contribution in [2.75, 3.05) is 5.73 Å². The van der Waals surface area contributed by atoms with Gasteiger partial charge in [0.2, 0.25) is 10.0 Å². The van der Waals surface area contributed by atoms with Crippen LogP contribution in [0.15, 0.2) is 35.5 Å². The quantitative estimate of drug-likeness (QED) is 0.854. The predicted molar refractivity (Wildman–Crippen MR) is 69.7 cm³/mol. The maximum Gasteiger partial charge on any atom is 0.242 e. The molecule has 2 rings (SSSR count). The molecule has 0 saturated heterocycles. The highest BCUT2D eigenvalue weighted by Crippen LogP contribution is 2.19. The Morgan fingerprint density at radius 3 is 2.84 bits per heavy atom. The summed E-state index contributed by atoms with van der Waals surface area (Å²) in [5.41, 5.74) is 5.92. The highest BCUT2D eigenvalue weighted by Gasteiger charge is 2.16. The molecule has 19 heavy (non-hydrogen) atoms. The second kappa shape index (κ2) is 5.47. The summed E-state index contributed by atoms with van der Waals surface area (Å²) in [6, 6.07) is 4.56. The van der Waals surface area contributed by atoms with E-state index in [2.05, 4.69) is 19.9 Å². The molecular weight excluding hydrogens is 290 g/mol. The van der Waals surface area contributed by atoms with Crippen LogP contribution in [0.1, 0.15) is 5.69 Å². The van der Waals surface area contributed by atoms with Gasteiger partial charge in [-0.1, -0.05) is 11.6 Å². The lowest BCUT2D eigenvalue weighted by Gasteiger charge is -2.06. The molecule has 0 amide bonds. The molecule has 0 radical (unpaired) electrons. The summed E-state index contributed by atoms with van der Waals surface area (Å²) in [6.07, 6.45) is 2.64. The highest BCUT2D eigenvalue weighted by atomic mass is 35.5. The van der Waals surface area contributed by atoms with Gasteiger partial charge in [0.05, 0.1) is 17.3 Å². The Kier molecular flexibility index (Phi) is 3.93. The van der Waals surface area contributed by atoms with Gasteiger partial charge in [0, 0.05) is 12.4 Å². The summed E-state index contributed by atoms with van der Waals surface area (Å²) in [5, 5.41) is 7.50. The number of pyridine rings is 1. The van der Waals surface area contributed by atoms with Gasteiger partial charge in [0.1, 0.15) is 10.7 Å². The van der Waals surface area contributed by atoms with Gasteiger partial charge in [0.25, 0.3) is 0 Å². The Hall–Kier alpha value is -1.77. The van der Waals surface area contributed by atoms with E-state index in [1.807, 2.05) is 0 Å². The van der Waals surface area contributed by atoms with Crippen molar-refractivity contribution in [3.8, 4) is 0 Å². The van der Waals surface area contributed by atoms with E-state index in [4.69, 9.17) is 17.3 Å². The topological polar surface area (TPSA) is 111 Å². The molecule has 0 fully saturated rings. The van der Waals surface area contributed by atoms with Crippen molar-refractivity contribution in [1.29, 1.82) is 0 Å². The first kappa shape index (κ1) is 13.7. The van der Waals surface area contributed by atoms with Gasteiger partial charge in [-0.3, -0.25) is 0 Å². The van der Waals surface area contributed by atoms with Crippen molar-refractivity contribution in [3.05, 3.63) is 41.3 Å². The number of rotatable bonds is 4. The lowest BCUT2D eigenvalue weighted by molar-refractivity contribution is 0.579. The van der Waals surface area contributed by atoms with E-state index < -0.39 is 10.0 Å². The van der Waals surface area contributed by atoms with Crippen molar-refractivity contribution in [1.82, 2.24) is 19.9 Å². The third kappa shape index (κ3) is 3.37. The van der Waals surface area contributed by atoms with Gasteiger partial charge in [-0.15, -0.1) is 0 Å². The maximum atomic E-state index is 12.0. The van der Waals surface area contributed by atoms with Crippen LogP contribution in [-0.2, 0) is 16.6 Å². The fourth-order valence-electron chi connectivity index (χ4n) is 1.26. The second-order valence-electron chi connectivity index (χ2n) is 3.58. The lowest BCUT2D eigenvalue weighted by Crippen LogP contribution is -2.24. The Bertz CT molecular complexity index is 678. The van der Waals surface area contributed by atoms with Crippen molar-refractivity contribution < 1.29 is 8.42 Å². The largest absolute Gasteiger partial charge is 0.382 e. The molecule has 9 heteroatoms.